The van der Waals surface area contributed by atoms with Crippen LogP contribution in [0.5, 0.6) is 11.5 Å². The van der Waals surface area contributed by atoms with Crippen molar-refractivity contribution in [3.05, 3.63) is 66.6 Å². The number of anilines is 1. The lowest BCUT2D eigenvalue weighted by molar-refractivity contribution is 0.0828. The summed E-state index contributed by atoms with van der Waals surface area (Å²) in [7, 11) is 2.22. The number of ether oxygens (including phenoxy) is 1. The second kappa shape index (κ2) is 10.1. The fraction of sp³-hybridized carbons (Fsp3) is 0.400. The molecule has 1 aliphatic carbocycles. The summed E-state index contributed by atoms with van der Waals surface area (Å²) in [6, 6.07) is 17.4. The SMILES string of the molecule is Cc1ccc(Oc2ccc(-c3cn(C4CCC(N5CCN(C)CC5)CC4)c4ncnc(N)c34)cc2)cc1. The lowest BCUT2D eigenvalue weighted by Gasteiger charge is -2.41. The zero-order chi connectivity index (χ0) is 25.4. The predicted molar refractivity (Wildman–Crippen MR) is 149 cm³/mol. The molecule has 2 aromatic carbocycles. The number of nitrogens with zero attached hydrogens (tertiary/aromatic N) is 5. The van der Waals surface area contributed by atoms with Crippen LogP contribution in [0.3, 0.4) is 0 Å². The molecular formula is C30H36N6O. The summed E-state index contributed by atoms with van der Waals surface area (Å²) in [5.74, 6) is 2.17. The Morgan fingerprint density at radius 1 is 0.811 bits per heavy atom. The first-order valence-electron chi connectivity index (χ1n) is 13.4. The maximum atomic E-state index is 6.41. The maximum absolute atomic E-state index is 6.41. The van der Waals surface area contributed by atoms with Crippen molar-refractivity contribution >= 4 is 16.9 Å². The van der Waals surface area contributed by atoms with Crippen molar-refractivity contribution in [2.45, 2.75) is 44.7 Å². The van der Waals surface area contributed by atoms with Crippen molar-refractivity contribution in [3.63, 3.8) is 0 Å². The van der Waals surface area contributed by atoms with Gasteiger partial charge in [-0.25, -0.2) is 9.97 Å². The Morgan fingerprint density at radius 3 is 2.11 bits per heavy atom. The largest absolute Gasteiger partial charge is 0.457 e. The van der Waals surface area contributed by atoms with Gasteiger partial charge >= 0.3 is 0 Å². The Kier molecular flexibility index (Phi) is 6.57. The summed E-state index contributed by atoms with van der Waals surface area (Å²) in [6.07, 6.45) is 8.61. The van der Waals surface area contributed by atoms with Crippen LogP contribution in [0.1, 0.15) is 37.3 Å². The first kappa shape index (κ1) is 23.9. The van der Waals surface area contributed by atoms with Crippen molar-refractivity contribution in [2.75, 3.05) is 39.0 Å². The molecule has 192 valence electrons. The van der Waals surface area contributed by atoms with Crippen molar-refractivity contribution in [2.24, 2.45) is 0 Å². The van der Waals surface area contributed by atoms with Crippen LogP contribution in [0.2, 0.25) is 0 Å². The van der Waals surface area contributed by atoms with Crippen LogP contribution in [0.15, 0.2) is 61.1 Å². The molecule has 0 radical (unpaired) electrons. The van der Waals surface area contributed by atoms with Gasteiger partial charge in [0.1, 0.15) is 29.3 Å². The number of nitrogens with two attached hydrogens (primary N) is 1. The molecule has 2 aliphatic rings. The van der Waals surface area contributed by atoms with E-state index in [2.05, 4.69) is 63.8 Å². The Bertz CT molecular complexity index is 1350. The van der Waals surface area contributed by atoms with E-state index in [9.17, 15) is 0 Å². The molecule has 2 aromatic heterocycles. The van der Waals surface area contributed by atoms with E-state index in [-0.39, 0.29) is 0 Å². The van der Waals surface area contributed by atoms with Crippen LogP contribution in [0, 0.1) is 6.92 Å². The van der Waals surface area contributed by atoms with E-state index in [0.717, 1.165) is 46.5 Å². The molecule has 0 spiro atoms. The summed E-state index contributed by atoms with van der Waals surface area (Å²) in [5.41, 5.74) is 10.7. The van der Waals surface area contributed by atoms with E-state index in [1.807, 2.05) is 24.3 Å². The van der Waals surface area contributed by atoms with Gasteiger partial charge < -0.3 is 19.9 Å². The number of aromatic nitrogens is 3. The molecule has 0 unspecified atom stereocenters. The highest BCUT2D eigenvalue weighted by molar-refractivity contribution is 6.00. The number of fused-ring (bicyclic) bond motifs is 1. The number of benzene rings is 2. The molecule has 7 heteroatoms. The van der Waals surface area contributed by atoms with Crippen molar-refractivity contribution in [1.29, 1.82) is 0 Å². The number of piperazine rings is 1. The summed E-state index contributed by atoms with van der Waals surface area (Å²) in [6.45, 7) is 6.81. The van der Waals surface area contributed by atoms with E-state index < -0.39 is 0 Å². The third kappa shape index (κ3) is 4.93. The second-order valence-corrected chi connectivity index (χ2v) is 10.6. The van der Waals surface area contributed by atoms with Crippen LogP contribution < -0.4 is 10.5 Å². The van der Waals surface area contributed by atoms with Gasteiger partial charge in [-0.15, -0.1) is 0 Å². The fourth-order valence-electron chi connectivity index (χ4n) is 5.94. The third-order valence-electron chi connectivity index (χ3n) is 8.17. The van der Waals surface area contributed by atoms with Gasteiger partial charge in [0, 0.05) is 50.0 Å². The summed E-state index contributed by atoms with van der Waals surface area (Å²) in [5, 5.41) is 0.941. The number of nitrogen functional groups attached to an aromatic ring is 1. The molecule has 1 saturated carbocycles. The van der Waals surface area contributed by atoms with Gasteiger partial charge in [-0.2, -0.15) is 0 Å². The fourth-order valence-corrected chi connectivity index (χ4v) is 5.94. The highest BCUT2D eigenvalue weighted by Crippen LogP contribution is 2.39. The van der Waals surface area contributed by atoms with Crippen LogP contribution in [0.25, 0.3) is 22.2 Å². The molecule has 2 N–H and O–H groups in total. The molecule has 1 aliphatic heterocycles. The van der Waals surface area contributed by atoms with E-state index in [1.54, 1.807) is 6.33 Å². The lowest BCUT2D eigenvalue weighted by Crippen LogP contribution is -2.49. The molecule has 1 saturated heterocycles. The maximum Gasteiger partial charge on any atom is 0.146 e. The summed E-state index contributed by atoms with van der Waals surface area (Å²) < 4.78 is 8.40. The summed E-state index contributed by atoms with van der Waals surface area (Å²) >= 11 is 0. The van der Waals surface area contributed by atoms with Gasteiger partial charge in [0.25, 0.3) is 0 Å². The Labute approximate surface area is 218 Å². The van der Waals surface area contributed by atoms with E-state index in [4.69, 9.17) is 15.5 Å². The normalized spacial score (nSPS) is 21.4. The van der Waals surface area contributed by atoms with Crippen LogP contribution in [-0.2, 0) is 0 Å². The topological polar surface area (TPSA) is 72.4 Å². The number of rotatable bonds is 5. The smallest absolute Gasteiger partial charge is 0.146 e. The van der Waals surface area contributed by atoms with Gasteiger partial charge in [0.05, 0.1) is 5.39 Å². The quantitative estimate of drug-likeness (QED) is 0.393. The molecular weight excluding hydrogens is 460 g/mol. The second-order valence-electron chi connectivity index (χ2n) is 10.6. The number of hydrogen-bond acceptors (Lipinski definition) is 6. The molecule has 37 heavy (non-hydrogen) atoms. The van der Waals surface area contributed by atoms with Crippen molar-refractivity contribution in [1.82, 2.24) is 24.3 Å². The monoisotopic (exact) mass is 496 g/mol. The molecule has 7 nitrogen and oxygen atoms in total. The molecule has 4 aromatic rings. The standard InChI is InChI=1S/C30H36N6O/c1-21-3-11-25(12-4-21)37-26-13-5-22(6-14-26)27-19-36(30-28(27)29(31)32-20-33-30)24-9-7-23(8-10-24)35-17-15-34(2)16-18-35/h3-6,11-14,19-20,23-24H,7-10,15-18H2,1-2H3,(H2,31,32,33). The average molecular weight is 497 g/mol. The molecule has 0 atom stereocenters. The number of hydrogen-bond donors (Lipinski definition) is 1. The summed E-state index contributed by atoms with van der Waals surface area (Å²) in [4.78, 5) is 14.2. The van der Waals surface area contributed by atoms with Crippen LogP contribution >= 0.6 is 0 Å². The van der Waals surface area contributed by atoms with Crippen LogP contribution in [0.4, 0.5) is 5.82 Å². The zero-order valence-electron chi connectivity index (χ0n) is 21.8. The molecule has 3 heterocycles. The first-order valence-corrected chi connectivity index (χ1v) is 13.4. The minimum atomic E-state index is 0.429. The Morgan fingerprint density at radius 2 is 1.43 bits per heavy atom. The Hall–Kier alpha value is -3.42. The van der Waals surface area contributed by atoms with E-state index in [0.29, 0.717) is 17.9 Å². The number of likely N-dealkylation sites (N-methyl/N-ethyl adjacent to an activating group) is 1. The van der Waals surface area contributed by atoms with Gasteiger partial charge in [-0.05, 0) is 69.5 Å². The van der Waals surface area contributed by atoms with E-state index >= 15 is 0 Å². The molecule has 2 fully saturated rings. The van der Waals surface area contributed by atoms with Crippen molar-refractivity contribution < 1.29 is 4.74 Å². The van der Waals surface area contributed by atoms with Crippen LogP contribution in [-0.4, -0.2) is 63.6 Å². The van der Waals surface area contributed by atoms with Gasteiger partial charge in [0.15, 0.2) is 0 Å². The minimum Gasteiger partial charge on any atom is -0.457 e. The minimum absolute atomic E-state index is 0.429. The highest BCUT2D eigenvalue weighted by atomic mass is 16.5. The lowest BCUT2D eigenvalue weighted by atomic mass is 9.89. The zero-order valence-corrected chi connectivity index (χ0v) is 21.8. The number of aryl methyl sites for hydroxylation is 1. The highest BCUT2D eigenvalue weighted by Gasteiger charge is 2.29. The molecule has 0 amide bonds. The first-order chi connectivity index (χ1) is 18.0. The van der Waals surface area contributed by atoms with Gasteiger partial charge in [0.2, 0.25) is 0 Å². The predicted octanol–water partition coefficient (Wildman–Crippen LogP) is 5.51. The van der Waals surface area contributed by atoms with Crippen molar-refractivity contribution in [3.8, 4) is 22.6 Å². The molecule has 0 bridgehead atoms. The third-order valence-corrected chi connectivity index (χ3v) is 8.17. The van der Waals surface area contributed by atoms with Gasteiger partial charge in [-0.1, -0.05) is 29.8 Å². The van der Waals surface area contributed by atoms with Gasteiger partial charge in [-0.3, -0.25) is 4.90 Å². The van der Waals surface area contributed by atoms with E-state index in [1.165, 1.54) is 44.6 Å². The Balaban J connectivity index is 1.23. The molecule has 6 rings (SSSR count). The average Bonchev–Trinajstić information content (AvgIpc) is 3.32.